The fourth-order valence-corrected chi connectivity index (χ4v) is 3.08. The molecule has 0 saturated heterocycles. The van der Waals surface area contributed by atoms with Gasteiger partial charge in [-0.25, -0.2) is 0 Å². The van der Waals surface area contributed by atoms with Crippen LogP contribution in [0, 0.1) is 35.1 Å². The minimum Gasteiger partial charge on any atom is -0.358 e. The van der Waals surface area contributed by atoms with E-state index in [4.69, 9.17) is 9.98 Å². The van der Waals surface area contributed by atoms with Gasteiger partial charge in [0, 0.05) is 16.5 Å². The van der Waals surface area contributed by atoms with Crippen LogP contribution >= 0.6 is 0 Å². The van der Waals surface area contributed by atoms with E-state index in [-0.39, 0.29) is 23.9 Å². The van der Waals surface area contributed by atoms with Crippen molar-refractivity contribution in [1.29, 1.82) is 0 Å². The van der Waals surface area contributed by atoms with Crippen LogP contribution in [0.3, 0.4) is 0 Å². The molecule has 142 valence electrons. The molecular formula is C23H29N2Ni-. The second-order valence-electron chi connectivity index (χ2n) is 6.90. The fourth-order valence-electron chi connectivity index (χ4n) is 3.08. The third-order valence-electron chi connectivity index (χ3n) is 4.65. The molecule has 0 amide bonds. The summed E-state index contributed by atoms with van der Waals surface area (Å²) in [7, 11) is 0. The average Bonchev–Trinajstić information content (AvgIpc) is 2.56. The number of hydrogen-bond donors (Lipinski definition) is 0. The van der Waals surface area contributed by atoms with Crippen molar-refractivity contribution in [3.63, 3.8) is 0 Å². The maximum atomic E-state index is 4.99. The minimum atomic E-state index is 0. The molecule has 0 atom stereocenters. The first kappa shape index (κ1) is 22.3. The van der Waals surface area contributed by atoms with Crippen LogP contribution < -0.4 is 0 Å². The molecule has 1 aliphatic rings. The fraction of sp³-hybridized carbons (Fsp3) is 0.348. The number of nitrogens with zero attached hydrogens (tertiary/aromatic N) is 2. The predicted octanol–water partition coefficient (Wildman–Crippen LogP) is 6.79. The van der Waals surface area contributed by atoms with Crippen LogP contribution in [0.2, 0.25) is 0 Å². The molecule has 0 bridgehead atoms. The van der Waals surface area contributed by atoms with Gasteiger partial charge < -0.3 is 7.43 Å². The Kier molecular flexibility index (Phi) is 8.44. The summed E-state index contributed by atoms with van der Waals surface area (Å²) in [5.41, 5.74) is 9.45. The molecule has 0 unspecified atom stereocenters. The standard InChI is InChI=1S/C22H26N2.CH3.Ni/c1-15-9-11-17(3)21(13-15)23-19-7-5-6-8-20(19)24-22-14-16(2)10-12-18(22)4;;/h9-14H,5-8H2,1-4H3;1H3;/q;-1;. The summed E-state index contributed by atoms with van der Waals surface area (Å²) in [6, 6.07) is 12.9. The Morgan fingerprint density at radius 2 is 1.04 bits per heavy atom. The molecule has 26 heavy (non-hydrogen) atoms. The van der Waals surface area contributed by atoms with Gasteiger partial charge in [0.1, 0.15) is 0 Å². The summed E-state index contributed by atoms with van der Waals surface area (Å²) >= 11 is 0. The molecule has 1 aliphatic carbocycles. The number of rotatable bonds is 2. The van der Waals surface area contributed by atoms with Crippen molar-refractivity contribution in [3.05, 3.63) is 66.1 Å². The first-order valence-corrected chi connectivity index (χ1v) is 8.83. The van der Waals surface area contributed by atoms with Crippen molar-refractivity contribution in [2.45, 2.75) is 53.4 Å². The first-order valence-electron chi connectivity index (χ1n) is 8.83. The van der Waals surface area contributed by atoms with Gasteiger partial charge in [0.2, 0.25) is 0 Å². The van der Waals surface area contributed by atoms with E-state index < -0.39 is 0 Å². The Balaban J connectivity index is 0.00000169. The Hall–Kier alpha value is -1.73. The molecule has 0 radical (unpaired) electrons. The molecule has 0 aromatic heterocycles. The zero-order chi connectivity index (χ0) is 17.1. The number of aryl methyl sites for hydroxylation is 4. The molecule has 0 aliphatic heterocycles. The monoisotopic (exact) mass is 391 g/mol. The van der Waals surface area contributed by atoms with Crippen molar-refractivity contribution in [1.82, 2.24) is 0 Å². The Labute approximate surface area is 168 Å². The maximum Gasteiger partial charge on any atom is 0.0665 e. The van der Waals surface area contributed by atoms with E-state index in [0.29, 0.717) is 0 Å². The van der Waals surface area contributed by atoms with E-state index >= 15 is 0 Å². The summed E-state index contributed by atoms with van der Waals surface area (Å²) in [4.78, 5) is 9.99. The first-order chi connectivity index (χ1) is 11.5. The van der Waals surface area contributed by atoms with Gasteiger partial charge >= 0.3 is 0 Å². The van der Waals surface area contributed by atoms with Gasteiger partial charge in [-0.3, -0.25) is 9.98 Å². The van der Waals surface area contributed by atoms with Crippen molar-refractivity contribution in [2.75, 3.05) is 0 Å². The third kappa shape index (κ3) is 5.38. The Morgan fingerprint density at radius 3 is 1.42 bits per heavy atom. The van der Waals surface area contributed by atoms with E-state index in [1.165, 1.54) is 35.1 Å². The van der Waals surface area contributed by atoms with Gasteiger partial charge in [0.25, 0.3) is 0 Å². The van der Waals surface area contributed by atoms with E-state index in [2.05, 4.69) is 64.1 Å². The van der Waals surface area contributed by atoms with Crippen molar-refractivity contribution in [3.8, 4) is 0 Å². The van der Waals surface area contributed by atoms with E-state index in [1.54, 1.807) is 0 Å². The zero-order valence-corrected chi connectivity index (χ0v) is 17.5. The van der Waals surface area contributed by atoms with Crippen molar-refractivity contribution < 1.29 is 16.5 Å². The van der Waals surface area contributed by atoms with E-state index in [9.17, 15) is 0 Å². The minimum absolute atomic E-state index is 0. The molecule has 0 N–H and O–H groups in total. The molecule has 1 fully saturated rings. The molecule has 2 nitrogen and oxygen atoms in total. The molecule has 2 aromatic rings. The zero-order valence-electron chi connectivity index (χ0n) is 16.5. The predicted molar refractivity (Wildman–Crippen MR) is 111 cm³/mol. The molecule has 2 aromatic carbocycles. The van der Waals surface area contributed by atoms with Crippen LogP contribution in [-0.2, 0) is 16.5 Å². The molecule has 0 heterocycles. The molecular weight excluding hydrogens is 363 g/mol. The molecule has 3 rings (SSSR count). The van der Waals surface area contributed by atoms with E-state index in [1.807, 2.05) is 0 Å². The van der Waals surface area contributed by atoms with Crippen LogP contribution in [0.5, 0.6) is 0 Å². The quantitative estimate of drug-likeness (QED) is 0.397. The van der Waals surface area contributed by atoms with Gasteiger partial charge in [-0.05, 0) is 87.8 Å². The van der Waals surface area contributed by atoms with Crippen molar-refractivity contribution in [2.24, 2.45) is 9.98 Å². The van der Waals surface area contributed by atoms with Crippen LogP contribution in [0.4, 0.5) is 11.4 Å². The Bertz CT molecular complexity index is 749. The summed E-state index contributed by atoms with van der Waals surface area (Å²) in [6.45, 7) is 8.50. The molecule has 1 saturated carbocycles. The summed E-state index contributed by atoms with van der Waals surface area (Å²) < 4.78 is 0. The molecule has 0 spiro atoms. The summed E-state index contributed by atoms with van der Waals surface area (Å²) in [5, 5.41) is 0. The number of benzene rings is 2. The smallest absolute Gasteiger partial charge is 0.0665 e. The van der Waals surface area contributed by atoms with Crippen molar-refractivity contribution >= 4 is 22.8 Å². The average molecular weight is 392 g/mol. The summed E-state index contributed by atoms with van der Waals surface area (Å²) in [5.74, 6) is 0. The van der Waals surface area contributed by atoms with Crippen LogP contribution in [-0.4, -0.2) is 11.4 Å². The van der Waals surface area contributed by atoms with Crippen LogP contribution in [0.25, 0.3) is 0 Å². The van der Waals surface area contributed by atoms with Gasteiger partial charge in [0.15, 0.2) is 0 Å². The normalized spacial score (nSPS) is 16.9. The second-order valence-corrected chi connectivity index (χ2v) is 6.90. The van der Waals surface area contributed by atoms with Gasteiger partial charge in [-0.15, -0.1) is 0 Å². The van der Waals surface area contributed by atoms with Gasteiger partial charge in [0.05, 0.1) is 22.8 Å². The number of aliphatic imine (C=N–C) groups is 2. The topological polar surface area (TPSA) is 24.7 Å². The summed E-state index contributed by atoms with van der Waals surface area (Å²) in [6.07, 6.45) is 4.46. The SMILES string of the molecule is Cc1ccc(C)c(N=C2CCCCC2=Nc2cc(C)ccc2C)c1.[CH3-].[Ni]. The van der Waals surface area contributed by atoms with Gasteiger partial charge in [-0.2, -0.15) is 0 Å². The van der Waals surface area contributed by atoms with E-state index in [0.717, 1.165) is 35.6 Å². The molecule has 3 heteroatoms. The van der Waals surface area contributed by atoms with Crippen LogP contribution in [0.1, 0.15) is 47.9 Å². The van der Waals surface area contributed by atoms with Crippen LogP contribution in [0.15, 0.2) is 46.4 Å². The Morgan fingerprint density at radius 1 is 0.654 bits per heavy atom. The maximum absolute atomic E-state index is 4.99. The third-order valence-corrected chi connectivity index (χ3v) is 4.65. The van der Waals surface area contributed by atoms with Gasteiger partial charge in [-0.1, -0.05) is 24.3 Å². The number of hydrogen-bond acceptors (Lipinski definition) is 2. The second kappa shape index (κ2) is 9.83. The largest absolute Gasteiger partial charge is 0.358 e.